The molecule has 2 rings (SSSR count). The number of hydrogen-bond acceptors (Lipinski definition) is 7. The van der Waals surface area contributed by atoms with Crippen LogP contribution >= 0.6 is 0 Å². The molecular weight excluding hydrogens is 260 g/mol. The average Bonchev–Trinajstić information content (AvgIpc) is 2.52. The van der Waals surface area contributed by atoms with Gasteiger partial charge >= 0.3 is 0 Å². The van der Waals surface area contributed by atoms with Gasteiger partial charge < -0.3 is 24.8 Å². The lowest BCUT2D eigenvalue weighted by atomic mass is 10.2. The molecule has 1 aliphatic heterocycles. The third kappa shape index (κ3) is 4.11. The predicted molar refractivity (Wildman–Crippen MR) is 74.7 cm³/mol. The summed E-state index contributed by atoms with van der Waals surface area (Å²) in [7, 11) is 1.68. The summed E-state index contributed by atoms with van der Waals surface area (Å²) < 4.78 is 10.3. The predicted octanol–water partition coefficient (Wildman–Crippen LogP) is -0.590. The molecule has 1 atom stereocenters. The molecule has 1 aromatic rings. The average molecular weight is 282 g/mol. The van der Waals surface area contributed by atoms with Crippen LogP contribution in [0.5, 0.6) is 0 Å². The molecule has 7 heteroatoms. The van der Waals surface area contributed by atoms with Gasteiger partial charge in [0.15, 0.2) is 0 Å². The zero-order valence-electron chi connectivity index (χ0n) is 11.8. The van der Waals surface area contributed by atoms with E-state index in [9.17, 15) is 5.11 Å². The van der Waals surface area contributed by atoms with Gasteiger partial charge in [-0.15, -0.1) is 0 Å². The highest BCUT2D eigenvalue weighted by Crippen LogP contribution is 2.14. The fourth-order valence-corrected chi connectivity index (χ4v) is 2.06. The lowest BCUT2D eigenvalue weighted by Crippen LogP contribution is -2.48. The number of nitrogens with zero attached hydrogens (tertiary/aromatic N) is 3. The third-order valence-electron chi connectivity index (χ3n) is 3.20. The van der Waals surface area contributed by atoms with Crippen molar-refractivity contribution in [2.75, 3.05) is 51.5 Å². The van der Waals surface area contributed by atoms with Crippen molar-refractivity contribution in [1.82, 2.24) is 15.3 Å². The van der Waals surface area contributed by atoms with E-state index in [-0.39, 0.29) is 12.6 Å². The van der Waals surface area contributed by atoms with Crippen LogP contribution in [0.2, 0.25) is 0 Å². The van der Waals surface area contributed by atoms with Crippen molar-refractivity contribution >= 4 is 5.95 Å². The Morgan fingerprint density at radius 1 is 1.50 bits per heavy atom. The molecule has 7 nitrogen and oxygen atoms in total. The van der Waals surface area contributed by atoms with Crippen molar-refractivity contribution in [2.45, 2.75) is 12.6 Å². The van der Waals surface area contributed by atoms with Gasteiger partial charge in [0.05, 0.1) is 32.5 Å². The molecule has 0 aliphatic carbocycles. The quantitative estimate of drug-likeness (QED) is 0.647. The normalized spacial score (nSPS) is 19.3. The standard InChI is InChI=1S/C13H22N4O3/c1-19-4-2-14-6-11-7-15-13(16-8-11)17-3-5-20-10-12(17)9-18/h7-8,12,14,18H,2-6,9-10H2,1H3. The molecule has 0 radical (unpaired) electrons. The van der Waals surface area contributed by atoms with Crippen molar-refractivity contribution in [1.29, 1.82) is 0 Å². The van der Waals surface area contributed by atoms with Crippen LogP contribution in [0.15, 0.2) is 12.4 Å². The van der Waals surface area contributed by atoms with Crippen molar-refractivity contribution in [3.05, 3.63) is 18.0 Å². The molecule has 0 amide bonds. The Bertz CT molecular complexity index is 388. The van der Waals surface area contributed by atoms with E-state index in [1.165, 1.54) is 0 Å². The number of aliphatic hydroxyl groups excluding tert-OH is 1. The molecule has 1 aliphatic rings. The van der Waals surface area contributed by atoms with Gasteiger partial charge in [-0.2, -0.15) is 0 Å². The monoisotopic (exact) mass is 282 g/mol. The van der Waals surface area contributed by atoms with Crippen molar-refractivity contribution < 1.29 is 14.6 Å². The van der Waals surface area contributed by atoms with E-state index in [0.29, 0.717) is 32.3 Å². The van der Waals surface area contributed by atoms with E-state index in [4.69, 9.17) is 9.47 Å². The van der Waals surface area contributed by atoms with Gasteiger partial charge in [0, 0.05) is 44.7 Å². The Hall–Kier alpha value is -1.28. The molecule has 1 fully saturated rings. The van der Waals surface area contributed by atoms with Gasteiger partial charge in [0.2, 0.25) is 5.95 Å². The summed E-state index contributed by atoms with van der Waals surface area (Å²) in [6.45, 7) is 4.11. The topological polar surface area (TPSA) is 79.7 Å². The summed E-state index contributed by atoms with van der Waals surface area (Å²) in [4.78, 5) is 10.7. The van der Waals surface area contributed by atoms with Crippen LogP contribution in [0.4, 0.5) is 5.95 Å². The smallest absolute Gasteiger partial charge is 0.225 e. The zero-order valence-corrected chi connectivity index (χ0v) is 11.8. The maximum Gasteiger partial charge on any atom is 0.225 e. The second-order valence-corrected chi connectivity index (χ2v) is 4.67. The van der Waals surface area contributed by atoms with Gasteiger partial charge in [0.25, 0.3) is 0 Å². The highest BCUT2D eigenvalue weighted by atomic mass is 16.5. The molecule has 0 spiro atoms. The SMILES string of the molecule is COCCNCc1cnc(N2CCOCC2CO)nc1. The number of morpholine rings is 1. The van der Waals surface area contributed by atoms with Gasteiger partial charge in [-0.05, 0) is 0 Å². The number of anilines is 1. The first kappa shape index (κ1) is 15.1. The molecule has 0 saturated carbocycles. The highest BCUT2D eigenvalue weighted by molar-refractivity contribution is 5.32. The van der Waals surface area contributed by atoms with Crippen LogP contribution in [0.3, 0.4) is 0 Å². The number of nitrogens with one attached hydrogen (secondary N) is 1. The fourth-order valence-electron chi connectivity index (χ4n) is 2.06. The molecule has 1 aromatic heterocycles. The molecule has 1 unspecified atom stereocenters. The number of aliphatic hydroxyl groups is 1. The van der Waals surface area contributed by atoms with Crippen molar-refractivity contribution in [2.24, 2.45) is 0 Å². The Kier molecular flexibility index (Phi) is 6.13. The summed E-state index contributed by atoms with van der Waals surface area (Å²) in [5.74, 6) is 0.646. The van der Waals surface area contributed by atoms with E-state index in [1.807, 2.05) is 17.3 Å². The van der Waals surface area contributed by atoms with Crippen LogP contribution in [0, 0.1) is 0 Å². The second kappa shape index (κ2) is 8.11. The van der Waals surface area contributed by atoms with E-state index in [2.05, 4.69) is 15.3 Å². The molecule has 112 valence electrons. The summed E-state index contributed by atoms with van der Waals surface area (Å²) in [5.41, 5.74) is 1.03. The maximum atomic E-state index is 9.34. The Balaban J connectivity index is 1.89. The summed E-state index contributed by atoms with van der Waals surface area (Å²) in [6, 6.07) is -0.0607. The minimum atomic E-state index is -0.0607. The number of rotatable bonds is 7. The number of ether oxygens (including phenoxy) is 2. The van der Waals surface area contributed by atoms with Crippen molar-refractivity contribution in [3.8, 4) is 0 Å². The van der Waals surface area contributed by atoms with Crippen LogP contribution in [-0.4, -0.2) is 67.7 Å². The maximum absolute atomic E-state index is 9.34. The molecule has 20 heavy (non-hydrogen) atoms. The summed E-state index contributed by atoms with van der Waals surface area (Å²) in [5, 5.41) is 12.6. The van der Waals surface area contributed by atoms with Crippen LogP contribution in [-0.2, 0) is 16.0 Å². The van der Waals surface area contributed by atoms with E-state index in [0.717, 1.165) is 18.7 Å². The molecule has 1 saturated heterocycles. The van der Waals surface area contributed by atoms with Crippen molar-refractivity contribution in [3.63, 3.8) is 0 Å². The third-order valence-corrected chi connectivity index (χ3v) is 3.20. The summed E-state index contributed by atoms with van der Waals surface area (Å²) in [6.07, 6.45) is 3.62. The van der Waals surface area contributed by atoms with Gasteiger partial charge in [-0.1, -0.05) is 0 Å². The Morgan fingerprint density at radius 2 is 2.30 bits per heavy atom. The van der Waals surface area contributed by atoms with Crippen LogP contribution in [0.1, 0.15) is 5.56 Å². The Morgan fingerprint density at radius 3 is 3.00 bits per heavy atom. The lowest BCUT2D eigenvalue weighted by molar-refractivity contribution is 0.0718. The Labute approximate surface area is 118 Å². The van der Waals surface area contributed by atoms with E-state index >= 15 is 0 Å². The van der Waals surface area contributed by atoms with Gasteiger partial charge in [0.1, 0.15) is 0 Å². The zero-order chi connectivity index (χ0) is 14.2. The lowest BCUT2D eigenvalue weighted by Gasteiger charge is -2.34. The molecule has 2 N–H and O–H groups in total. The molecule has 0 aromatic carbocycles. The molecule has 2 heterocycles. The van der Waals surface area contributed by atoms with E-state index < -0.39 is 0 Å². The largest absolute Gasteiger partial charge is 0.394 e. The highest BCUT2D eigenvalue weighted by Gasteiger charge is 2.24. The van der Waals surface area contributed by atoms with Gasteiger partial charge in [-0.25, -0.2) is 9.97 Å². The number of methoxy groups -OCH3 is 1. The van der Waals surface area contributed by atoms with Crippen LogP contribution in [0.25, 0.3) is 0 Å². The number of aromatic nitrogens is 2. The first-order valence-electron chi connectivity index (χ1n) is 6.81. The minimum Gasteiger partial charge on any atom is -0.394 e. The fraction of sp³-hybridized carbons (Fsp3) is 0.692. The first-order chi connectivity index (χ1) is 9.85. The first-order valence-corrected chi connectivity index (χ1v) is 6.81. The second-order valence-electron chi connectivity index (χ2n) is 4.67. The molecular formula is C13H22N4O3. The van der Waals surface area contributed by atoms with Crippen LogP contribution < -0.4 is 10.2 Å². The molecule has 0 bridgehead atoms. The van der Waals surface area contributed by atoms with Gasteiger partial charge in [-0.3, -0.25) is 0 Å². The minimum absolute atomic E-state index is 0.0453. The number of hydrogen-bond donors (Lipinski definition) is 2. The summed E-state index contributed by atoms with van der Waals surface area (Å²) >= 11 is 0. The van der Waals surface area contributed by atoms with E-state index in [1.54, 1.807) is 7.11 Å².